The molecule has 1 atom stereocenters. The zero-order valence-corrected chi connectivity index (χ0v) is 9.89. The number of Topliss-reactive ketones (excluding diaryl/α,β-unsaturated/α-hetero) is 1. The first-order chi connectivity index (χ1) is 8.29. The van der Waals surface area contributed by atoms with E-state index in [2.05, 4.69) is 4.98 Å². The van der Waals surface area contributed by atoms with E-state index in [0.29, 0.717) is 5.69 Å². The highest BCUT2D eigenvalue weighted by Gasteiger charge is 2.44. The van der Waals surface area contributed by atoms with Gasteiger partial charge in [-0.25, -0.2) is 0 Å². The molecule has 0 aromatic carbocycles. The molecule has 3 nitrogen and oxygen atoms in total. The number of rotatable bonds is 2. The third-order valence-electron chi connectivity index (χ3n) is 4.05. The molecule has 1 aromatic heterocycles. The van der Waals surface area contributed by atoms with Crippen molar-refractivity contribution < 1.29 is 9.53 Å². The van der Waals surface area contributed by atoms with Gasteiger partial charge in [0.1, 0.15) is 5.69 Å². The maximum absolute atomic E-state index is 12.3. The molecule has 0 amide bonds. The molecule has 2 fully saturated rings. The summed E-state index contributed by atoms with van der Waals surface area (Å²) in [6.45, 7) is 0.725. The largest absolute Gasteiger partial charge is 0.375 e. The SMILES string of the molecule is O=C(c1ccccn1)C1CCOC2(CCC2)C1. The van der Waals surface area contributed by atoms with Crippen molar-refractivity contribution in [1.82, 2.24) is 4.98 Å². The van der Waals surface area contributed by atoms with E-state index in [1.165, 1.54) is 6.42 Å². The minimum Gasteiger partial charge on any atom is -0.375 e. The number of ketones is 1. The summed E-state index contributed by atoms with van der Waals surface area (Å²) in [5, 5.41) is 0. The number of hydrogen-bond acceptors (Lipinski definition) is 3. The summed E-state index contributed by atoms with van der Waals surface area (Å²) in [7, 11) is 0. The van der Waals surface area contributed by atoms with Crippen LogP contribution < -0.4 is 0 Å². The molecule has 90 valence electrons. The summed E-state index contributed by atoms with van der Waals surface area (Å²) in [6, 6.07) is 5.53. The molecule has 1 unspecified atom stereocenters. The van der Waals surface area contributed by atoms with Crippen LogP contribution in [0.1, 0.15) is 42.6 Å². The van der Waals surface area contributed by atoms with Crippen LogP contribution in [0.25, 0.3) is 0 Å². The minimum atomic E-state index is 0.0351. The van der Waals surface area contributed by atoms with Crippen molar-refractivity contribution in [2.45, 2.75) is 37.7 Å². The average Bonchev–Trinajstić information content (AvgIpc) is 2.37. The Balaban J connectivity index is 1.74. The Kier molecular flexibility index (Phi) is 2.71. The van der Waals surface area contributed by atoms with Gasteiger partial charge in [0.15, 0.2) is 5.78 Å². The third-order valence-corrected chi connectivity index (χ3v) is 4.05. The lowest BCUT2D eigenvalue weighted by molar-refractivity contribution is -0.137. The van der Waals surface area contributed by atoms with E-state index in [9.17, 15) is 4.79 Å². The molecule has 0 N–H and O–H groups in total. The summed E-state index contributed by atoms with van der Waals surface area (Å²) in [4.78, 5) is 16.5. The fourth-order valence-electron chi connectivity index (χ4n) is 2.89. The molecular formula is C14H17NO2. The number of ether oxygens (including phenoxy) is 1. The molecule has 1 saturated heterocycles. The number of carbonyl (C=O) groups excluding carboxylic acids is 1. The van der Waals surface area contributed by atoms with Gasteiger partial charge in [0.05, 0.1) is 5.60 Å². The summed E-state index contributed by atoms with van der Waals surface area (Å²) in [5.74, 6) is 0.305. The first-order valence-corrected chi connectivity index (χ1v) is 6.38. The van der Waals surface area contributed by atoms with Gasteiger partial charge in [-0.1, -0.05) is 6.07 Å². The highest BCUT2D eigenvalue weighted by molar-refractivity contribution is 5.96. The monoisotopic (exact) mass is 231 g/mol. The zero-order chi connectivity index (χ0) is 11.7. The van der Waals surface area contributed by atoms with Gasteiger partial charge < -0.3 is 4.74 Å². The van der Waals surface area contributed by atoms with E-state index in [4.69, 9.17) is 4.74 Å². The lowest BCUT2D eigenvalue weighted by atomic mass is 9.71. The Hall–Kier alpha value is -1.22. The standard InChI is InChI=1S/C14H17NO2/c16-13(12-4-1-2-8-15-12)11-5-9-17-14(10-11)6-3-7-14/h1-2,4,8,11H,3,5-7,9-10H2. The topological polar surface area (TPSA) is 39.2 Å². The van der Waals surface area contributed by atoms with Gasteiger partial charge in [-0.15, -0.1) is 0 Å². The molecule has 1 spiro atoms. The molecule has 17 heavy (non-hydrogen) atoms. The van der Waals surface area contributed by atoms with Gasteiger partial charge in [-0.05, 0) is 44.2 Å². The van der Waals surface area contributed by atoms with Crippen LogP contribution in [0.4, 0.5) is 0 Å². The van der Waals surface area contributed by atoms with E-state index >= 15 is 0 Å². The highest BCUT2D eigenvalue weighted by Crippen LogP contribution is 2.44. The Morgan fingerprint density at radius 2 is 2.29 bits per heavy atom. The Morgan fingerprint density at radius 1 is 1.41 bits per heavy atom. The molecule has 2 aliphatic rings. The molecule has 1 aromatic rings. The lowest BCUT2D eigenvalue weighted by Crippen LogP contribution is -2.47. The van der Waals surface area contributed by atoms with Crippen LogP contribution in [0.15, 0.2) is 24.4 Å². The number of nitrogens with zero attached hydrogens (tertiary/aromatic N) is 1. The predicted molar refractivity (Wildman–Crippen MR) is 63.8 cm³/mol. The van der Waals surface area contributed by atoms with Gasteiger partial charge in [0, 0.05) is 18.7 Å². The first kappa shape index (κ1) is 10.9. The minimum absolute atomic E-state index is 0.0351. The number of aromatic nitrogens is 1. The molecule has 0 radical (unpaired) electrons. The Bertz CT molecular complexity index is 411. The maximum atomic E-state index is 12.3. The van der Waals surface area contributed by atoms with E-state index in [0.717, 1.165) is 32.3 Å². The van der Waals surface area contributed by atoms with Gasteiger partial charge in [0.2, 0.25) is 0 Å². The fourth-order valence-corrected chi connectivity index (χ4v) is 2.89. The van der Waals surface area contributed by atoms with Crippen LogP contribution in [0.2, 0.25) is 0 Å². The van der Waals surface area contributed by atoms with E-state index in [1.54, 1.807) is 6.20 Å². The number of hydrogen-bond donors (Lipinski definition) is 0. The van der Waals surface area contributed by atoms with Gasteiger partial charge in [0.25, 0.3) is 0 Å². The number of carbonyl (C=O) groups is 1. The van der Waals surface area contributed by atoms with Crippen LogP contribution in [0.3, 0.4) is 0 Å². The second-order valence-corrected chi connectivity index (χ2v) is 5.15. The van der Waals surface area contributed by atoms with Crippen LogP contribution in [0.5, 0.6) is 0 Å². The zero-order valence-electron chi connectivity index (χ0n) is 9.89. The fraction of sp³-hybridized carbons (Fsp3) is 0.571. The van der Waals surface area contributed by atoms with E-state index < -0.39 is 0 Å². The Labute approximate surface area is 101 Å². The predicted octanol–water partition coefficient (Wildman–Crippen LogP) is 2.61. The summed E-state index contributed by atoms with van der Waals surface area (Å²) in [5.41, 5.74) is 0.641. The number of pyridine rings is 1. The van der Waals surface area contributed by atoms with Crippen molar-refractivity contribution in [2.75, 3.05) is 6.61 Å². The van der Waals surface area contributed by atoms with Crippen molar-refractivity contribution >= 4 is 5.78 Å². The van der Waals surface area contributed by atoms with Crippen molar-refractivity contribution in [3.8, 4) is 0 Å². The van der Waals surface area contributed by atoms with Crippen LogP contribution in [-0.2, 0) is 4.74 Å². The second kappa shape index (κ2) is 4.22. The third kappa shape index (κ3) is 2.00. The van der Waals surface area contributed by atoms with Crippen molar-refractivity contribution in [2.24, 2.45) is 5.92 Å². The van der Waals surface area contributed by atoms with Gasteiger partial charge >= 0.3 is 0 Å². The molecular weight excluding hydrogens is 214 g/mol. The second-order valence-electron chi connectivity index (χ2n) is 5.15. The van der Waals surface area contributed by atoms with Crippen LogP contribution in [-0.4, -0.2) is 23.0 Å². The van der Waals surface area contributed by atoms with Gasteiger partial charge in [-0.2, -0.15) is 0 Å². The summed E-state index contributed by atoms with van der Waals surface area (Å²) < 4.78 is 5.85. The molecule has 3 rings (SSSR count). The van der Waals surface area contributed by atoms with Crippen molar-refractivity contribution in [3.63, 3.8) is 0 Å². The molecule has 1 saturated carbocycles. The molecule has 0 bridgehead atoms. The van der Waals surface area contributed by atoms with Crippen molar-refractivity contribution in [3.05, 3.63) is 30.1 Å². The first-order valence-electron chi connectivity index (χ1n) is 6.38. The van der Waals surface area contributed by atoms with Crippen LogP contribution >= 0.6 is 0 Å². The molecule has 1 aliphatic carbocycles. The maximum Gasteiger partial charge on any atom is 0.184 e. The Morgan fingerprint density at radius 3 is 2.94 bits per heavy atom. The summed E-state index contributed by atoms with van der Waals surface area (Å²) >= 11 is 0. The molecule has 3 heteroatoms. The van der Waals surface area contributed by atoms with Crippen molar-refractivity contribution in [1.29, 1.82) is 0 Å². The van der Waals surface area contributed by atoms with E-state index in [1.807, 2.05) is 18.2 Å². The smallest absolute Gasteiger partial charge is 0.184 e. The highest BCUT2D eigenvalue weighted by atomic mass is 16.5. The summed E-state index contributed by atoms with van der Waals surface area (Å²) in [6.07, 6.45) is 6.91. The van der Waals surface area contributed by atoms with Crippen LogP contribution in [0, 0.1) is 5.92 Å². The molecule has 2 heterocycles. The quantitative estimate of drug-likeness (QED) is 0.734. The van der Waals surface area contributed by atoms with E-state index in [-0.39, 0.29) is 17.3 Å². The normalized spacial score (nSPS) is 26.5. The lowest BCUT2D eigenvalue weighted by Gasteiger charge is -2.46. The van der Waals surface area contributed by atoms with Gasteiger partial charge in [-0.3, -0.25) is 9.78 Å². The average molecular weight is 231 g/mol. The molecule has 1 aliphatic heterocycles.